The summed E-state index contributed by atoms with van der Waals surface area (Å²) < 4.78 is 32.1. The Morgan fingerprint density at radius 2 is 1.47 bits per heavy atom. The first-order chi connectivity index (χ1) is 18.2. The quantitative estimate of drug-likeness (QED) is 0.359. The molecule has 0 aromatic heterocycles. The first-order valence-electron chi connectivity index (χ1n) is 12.5. The fraction of sp³-hybridized carbons (Fsp3) is 0.310. The van der Waals surface area contributed by atoms with Gasteiger partial charge in [0.15, 0.2) is 0 Å². The first kappa shape index (κ1) is 28.7. The fourth-order valence-corrected chi connectivity index (χ4v) is 4.98. The van der Waals surface area contributed by atoms with Crippen LogP contribution in [0.15, 0.2) is 84.9 Å². The van der Waals surface area contributed by atoms with Gasteiger partial charge in [-0.25, -0.2) is 8.42 Å². The molecule has 1 N–H and O–H groups in total. The van der Waals surface area contributed by atoms with Gasteiger partial charge in [0, 0.05) is 19.5 Å². The molecule has 9 heteroatoms. The molecule has 0 spiro atoms. The number of amides is 2. The minimum Gasteiger partial charge on any atom is -0.495 e. The molecule has 0 heterocycles. The fourth-order valence-electron chi connectivity index (χ4n) is 4.13. The van der Waals surface area contributed by atoms with E-state index in [1.54, 1.807) is 24.3 Å². The lowest BCUT2D eigenvalue weighted by Gasteiger charge is -2.33. The lowest BCUT2D eigenvalue weighted by molar-refractivity contribution is -0.140. The maximum Gasteiger partial charge on any atom is 0.244 e. The highest BCUT2D eigenvalue weighted by atomic mass is 32.2. The highest BCUT2D eigenvalue weighted by Gasteiger charge is 2.33. The van der Waals surface area contributed by atoms with Crippen molar-refractivity contribution in [2.24, 2.45) is 0 Å². The van der Waals surface area contributed by atoms with Crippen LogP contribution in [0.1, 0.15) is 24.5 Å². The molecule has 0 saturated heterocycles. The van der Waals surface area contributed by atoms with Crippen molar-refractivity contribution in [2.45, 2.75) is 32.4 Å². The zero-order valence-electron chi connectivity index (χ0n) is 22.0. The van der Waals surface area contributed by atoms with Crippen molar-refractivity contribution in [1.29, 1.82) is 0 Å². The SMILES string of the molecule is CCCNC(=O)[C@@H](Cc1ccccc1)N(Cc1ccccc1)C(=O)CN(c1ccccc1OC)S(C)(=O)=O. The lowest BCUT2D eigenvalue weighted by Crippen LogP contribution is -2.53. The van der Waals surface area contributed by atoms with Crippen LogP contribution >= 0.6 is 0 Å². The number of carbonyl (C=O) groups is 2. The molecule has 0 saturated carbocycles. The Morgan fingerprint density at radius 1 is 0.895 bits per heavy atom. The molecule has 3 aromatic carbocycles. The van der Waals surface area contributed by atoms with Gasteiger partial charge >= 0.3 is 0 Å². The molecule has 0 aliphatic rings. The van der Waals surface area contributed by atoms with Gasteiger partial charge in [-0.15, -0.1) is 0 Å². The van der Waals surface area contributed by atoms with Crippen LogP contribution in [-0.2, 0) is 32.6 Å². The molecule has 38 heavy (non-hydrogen) atoms. The van der Waals surface area contributed by atoms with Gasteiger partial charge in [-0.05, 0) is 29.7 Å². The molecule has 1 atom stereocenters. The summed E-state index contributed by atoms with van der Waals surface area (Å²) in [6, 6.07) is 24.6. The van der Waals surface area contributed by atoms with Crippen LogP contribution in [0.3, 0.4) is 0 Å². The number of sulfonamides is 1. The zero-order valence-corrected chi connectivity index (χ0v) is 22.9. The van der Waals surface area contributed by atoms with Crippen LogP contribution in [0.5, 0.6) is 5.75 Å². The maximum absolute atomic E-state index is 14.0. The molecule has 3 rings (SSSR count). The van der Waals surface area contributed by atoms with Gasteiger partial charge in [0.2, 0.25) is 21.8 Å². The monoisotopic (exact) mass is 537 g/mol. The average molecular weight is 538 g/mol. The third kappa shape index (κ3) is 7.82. The van der Waals surface area contributed by atoms with Crippen molar-refractivity contribution >= 4 is 27.5 Å². The summed E-state index contributed by atoms with van der Waals surface area (Å²) in [5, 5.41) is 2.92. The molecule has 0 unspecified atom stereocenters. The molecular formula is C29H35N3O5S. The van der Waals surface area contributed by atoms with E-state index in [1.165, 1.54) is 12.0 Å². The van der Waals surface area contributed by atoms with E-state index in [4.69, 9.17) is 4.74 Å². The van der Waals surface area contributed by atoms with Gasteiger partial charge in [-0.1, -0.05) is 79.7 Å². The third-order valence-corrected chi connectivity index (χ3v) is 7.18. The topological polar surface area (TPSA) is 96.0 Å². The van der Waals surface area contributed by atoms with Crippen molar-refractivity contribution in [3.63, 3.8) is 0 Å². The van der Waals surface area contributed by atoms with Gasteiger partial charge in [0.05, 0.1) is 19.1 Å². The smallest absolute Gasteiger partial charge is 0.244 e. The molecule has 3 aromatic rings. The van der Waals surface area contributed by atoms with Gasteiger partial charge < -0.3 is 15.0 Å². The number of benzene rings is 3. The van der Waals surface area contributed by atoms with Gasteiger partial charge in [0.25, 0.3) is 0 Å². The number of para-hydroxylation sites is 2. The third-order valence-electron chi connectivity index (χ3n) is 6.05. The summed E-state index contributed by atoms with van der Waals surface area (Å²) in [6.45, 7) is 2.07. The van der Waals surface area contributed by atoms with Gasteiger partial charge in [-0.3, -0.25) is 13.9 Å². The number of hydrogen-bond acceptors (Lipinski definition) is 5. The van der Waals surface area contributed by atoms with Gasteiger partial charge in [0.1, 0.15) is 18.3 Å². The minimum atomic E-state index is -3.87. The second-order valence-electron chi connectivity index (χ2n) is 8.95. The highest BCUT2D eigenvalue weighted by Crippen LogP contribution is 2.29. The van der Waals surface area contributed by atoms with Crippen LogP contribution in [0, 0.1) is 0 Å². The zero-order chi connectivity index (χ0) is 27.5. The van der Waals surface area contributed by atoms with Crippen LogP contribution < -0.4 is 14.4 Å². The molecule has 0 fully saturated rings. The number of carbonyl (C=O) groups excluding carboxylic acids is 2. The van der Waals surface area contributed by atoms with E-state index in [-0.39, 0.29) is 24.6 Å². The normalized spacial score (nSPS) is 11.9. The number of anilines is 1. The van der Waals surface area contributed by atoms with E-state index in [2.05, 4.69) is 5.32 Å². The predicted octanol–water partition coefficient (Wildman–Crippen LogP) is 3.63. The molecule has 0 bridgehead atoms. The summed E-state index contributed by atoms with van der Waals surface area (Å²) in [4.78, 5) is 28.9. The van der Waals surface area contributed by atoms with Crippen LogP contribution in [0.4, 0.5) is 5.69 Å². The molecule has 8 nitrogen and oxygen atoms in total. The largest absolute Gasteiger partial charge is 0.495 e. The number of methoxy groups -OCH3 is 1. The van der Waals surface area contributed by atoms with Crippen molar-refractivity contribution in [2.75, 3.05) is 30.8 Å². The van der Waals surface area contributed by atoms with Crippen molar-refractivity contribution in [1.82, 2.24) is 10.2 Å². The molecule has 0 radical (unpaired) electrons. The Kier molecular flexibility index (Phi) is 10.3. The summed E-state index contributed by atoms with van der Waals surface area (Å²) in [5.41, 5.74) is 1.96. The van der Waals surface area contributed by atoms with Crippen LogP contribution in [0.2, 0.25) is 0 Å². The molecule has 202 valence electrons. The average Bonchev–Trinajstić information content (AvgIpc) is 2.92. The number of hydrogen-bond donors (Lipinski definition) is 1. The lowest BCUT2D eigenvalue weighted by atomic mass is 10.0. The van der Waals surface area contributed by atoms with E-state index in [1.807, 2.05) is 67.6 Å². The standard InChI is InChI=1S/C29H35N3O5S/c1-4-19-30-29(34)26(20-23-13-7-5-8-14-23)31(21-24-15-9-6-10-16-24)28(33)22-32(38(3,35)36)25-17-11-12-18-27(25)37-2/h5-18,26H,4,19-22H2,1-3H3,(H,30,34)/t26-/m1/s1. The second-order valence-corrected chi connectivity index (χ2v) is 10.9. The Balaban J connectivity index is 2.04. The Labute approximate surface area is 225 Å². The van der Waals surface area contributed by atoms with Crippen LogP contribution in [-0.4, -0.2) is 57.6 Å². The second kappa shape index (κ2) is 13.6. The maximum atomic E-state index is 14.0. The van der Waals surface area contributed by atoms with Crippen LogP contribution in [0.25, 0.3) is 0 Å². The Morgan fingerprint density at radius 3 is 2.05 bits per heavy atom. The molecule has 0 aliphatic carbocycles. The summed E-state index contributed by atoms with van der Waals surface area (Å²) >= 11 is 0. The number of nitrogens with one attached hydrogen (secondary N) is 1. The van der Waals surface area contributed by atoms with Crippen molar-refractivity contribution in [3.8, 4) is 5.75 Å². The summed E-state index contributed by atoms with van der Waals surface area (Å²) in [5.74, 6) is -0.470. The summed E-state index contributed by atoms with van der Waals surface area (Å²) in [7, 11) is -2.42. The number of rotatable bonds is 13. The Hall–Kier alpha value is -3.85. The van der Waals surface area contributed by atoms with E-state index in [0.717, 1.165) is 28.1 Å². The number of nitrogens with zero attached hydrogens (tertiary/aromatic N) is 2. The van der Waals surface area contributed by atoms with E-state index < -0.39 is 28.5 Å². The minimum absolute atomic E-state index is 0.139. The first-order valence-corrected chi connectivity index (χ1v) is 14.3. The van der Waals surface area contributed by atoms with Crippen molar-refractivity contribution < 1.29 is 22.7 Å². The highest BCUT2D eigenvalue weighted by molar-refractivity contribution is 7.92. The van der Waals surface area contributed by atoms with E-state index in [9.17, 15) is 18.0 Å². The van der Waals surface area contributed by atoms with E-state index in [0.29, 0.717) is 12.3 Å². The summed E-state index contributed by atoms with van der Waals surface area (Å²) in [6.07, 6.45) is 2.07. The predicted molar refractivity (Wildman–Crippen MR) is 149 cm³/mol. The molecule has 2 amide bonds. The Bertz CT molecular complexity index is 1300. The van der Waals surface area contributed by atoms with Crippen molar-refractivity contribution in [3.05, 3.63) is 96.1 Å². The molecular weight excluding hydrogens is 502 g/mol. The van der Waals surface area contributed by atoms with Gasteiger partial charge in [-0.2, -0.15) is 0 Å². The molecule has 0 aliphatic heterocycles. The van der Waals surface area contributed by atoms with E-state index >= 15 is 0 Å². The number of ether oxygens (including phenoxy) is 1.